The van der Waals surface area contributed by atoms with Gasteiger partial charge in [0.2, 0.25) is 0 Å². The molecule has 0 aliphatic carbocycles. The lowest BCUT2D eigenvalue weighted by Gasteiger charge is -2.28. The molecule has 4 nitrogen and oxygen atoms in total. The predicted octanol–water partition coefficient (Wildman–Crippen LogP) is 3.06. The molecule has 0 spiro atoms. The van der Waals surface area contributed by atoms with Crippen molar-refractivity contribution in [1.82, 2.24) is 14.9 Å². The Kier molecular flexibility index (Phi) is 4.10. The Hall–Kier alpha value is -1.24. The van der Waals surface area contributed by atoms with Crippen LogP contribution in [-0.4, -0.2) is 21.4 Å². The molecule has 0 radical (unpaired) electrons. The molecule has 0 saturated carbocycles. The second-order valence-corrected chi connectivity index (χ2v) is 6.68. The normalized spacial score (nSPS) is 15.0. The lowest BCUT2D eigenvalue weighted by atomic mass is 10.1. The number of nitrogens with one attached hydrogen (secondary N) is 2. The predicted molar refractivity (Wildman–Crippen MR) is 88.9 cm³/mol. The van der Waals surface area contributed by atoms with Gasteiger partial charge in [0.05, 0.1) is 5.56 Å². The van der Waals surface area contributed by atoms with Crippen molar-refractivity contribution < 1.29 is 0 Å². The van der Waals surface area contributed by atoms with Gasteiger partial charge in [0.25, 0.3) is 5.56 Å². The molecule has 1 aliphatic heterocycles. The monoisotopic (exact) mass is 365 g/mol. The molecule has 6 heteroatoms. The number of hydrogen-bond acceptors (Lipinski definition) is 3. The van der Waals surface area contributed by atoms with Crippen LogP contribution < -0.4 is 5.56 Å². The Balaban J connectivity index is 1.83. The SMILES string of the molecule is Cc1ccc(CN2CCc3[nH]c(=S)[nH]c(=O)c3C2)c(Br)c1. The van der Waals surface area contributed by atoms with Gasteiger partial charge in [-0.3, -0.25) is 14.7 Å². The molecule has 0 unspecified atom stereocenters. The maximum atomic E-state index is 12.0. The van der Waals surface area contributed by atoms with E-state index in [0.717, 1.165) is 35.2 Å². The fraction of sp³-hybridized carbons (Fsp3) is 0.333. The van der Waals surface area contributed by atoms with Gasteiger partial charge in [0, 0.05) is 36.2 Å². The first kappa shape index (κ1) is 14.7. The number of H-pyrrole nitrogens is 2. The molecule has 2 heterocycles. The van der Waals surface area contributed by atoms with Crippen molar-refractivity contribution in [2.75, 3.05) is 6.54 Å². The first-order valence-corrected chi connectivity index (χ1v) is 8.05. The molecule has 0 bridgehead atoms. The number of aromatic amines is 2. The van der Waals surface area contributed by atoms with Crippen molar-refractivity contribution in [3.8, 4) is 0 Å². The van der Waals surface area contributed by atoms with Crippen molar-refractivity contribution >= 4 is 28.1 Å². The molecule has 0 fully saturated rings. The minimum absolute atomic E-state index is 0.0681. The molecule has 1 aromatic carbocycles. The number of hydrogen-bond donors (Lipinski definition) is 2. The first-order valence-electron chi connectivity index (χ1n) is 6.84. The number of nitrogens with zero attached hydrogens (tertiary/aromatic N) is 1. The first-order chi connectivity index (χ1) is 10.0. The third-order valence-corrected chi connectivity index (χ3v) is 4.73. The second kappa shape index (κ2) is 5.87. The van der Waals surface area contributed by atoms with Crippen LogP contribution in [0.15, 0.2) is 27.5 Å². The highest BCUT2D eigenvalue weighted by Gasteiger charge is 2.20. The van der Waals surface area contributed by atoms with Gasteiger partial charge in [-0.25, -0.2) is 0 Å². The van der Waals surface area contributed by atoms with Crippen LogP contribution in [0.5, 0.6) is 0 Å². The molecular weight excluding hydrogens is 350 g/mol. The highest BCUT2D eigenvalue weighted by Crippen LogP contribution is 2.22. The van der Waals surface area contributed by atoms with Crippen LogP contribution in [0.1, 0.15) is 22.4 Å². The summed E-state index contributed by atoms with van der Waals surface area (Å²) in [6.07, 6.45) is 0.826. The van der Waals surface area contributed by atoms with Crippen LogP contribution in [-0.2, 0) is 19.5 Å². The molecule has 3 rings (SSSR count). The summed E-state index contributed by atoms with van der Waals surface area (Å²) in [5, 5.41) is 0. The smallest absolute Gasteiger partial charge is 0.256 e. The average molecular weight is 366 g/mol. The van der Waals surface area contributed by atoms with Gasteiger partial charge >= 0.3 is 0 Å². The summed E-state index contributed by atoms with van der Waals surface area (Å²) in [6.45, 7) is 4.47. The van der Waals surface area contributed by atoms with E-state index in [-0.39, 0.29) is 5.56 Å². The highest BCUT2D eigenvalue weighted by atomic mass is 79.9. The quantitative estimate of drug-likeness (QED) is 0.804. The van der Waals surface area contributed by atoms with E-state index in [0.29, 0.717) is 11.3 Å². The van der Waals surface area contributed by atoms with Crippen LogP contribution in [0.3, 0.4) is 0 Å². The molecule has 1 aliphatic rings. The van der Waals surface area contributed by atoms with E-state index in [1.807, 2.05) is 0 Å². The molecule has 2 N–H and O–H groups in total. The zero-order valence-electron chi connectivity index (χ0n) is 11.7. The summed E-state index contributed by atoms with van der Waals surface area (Å²) < 4.78 is 1.53. The summed E-state index contributed by atoms with van der Waals surface area (Å²) in [7, 11) is 0. The largest absolute Gasteiger partial charge is 0.335 e. The molecule has 0 amide bonds. The maximum Gasteiger partial charge on any atom is 0.256 e. The van der Waals surface area contributed by atoms with Gasteiger partial charge in [-0.15, -0.1) is 0 Å². The fourth-order valence-corrected chi connectivity index (χ4v) is 3.50. The zero-order chi connectivity index (χ0) is 15.0. The maximum absolute atomic E-state index is 12.0. The van der Waals surface area contributed by atoms with E-state index in [1.54, 1.807) is 0 Å². The van der Waals surface area contributed by atoms with E-state index in [4.69, 9.17) is 12.2 Å². The Morgan fingerprint density at radius 1 is 1.38 bits per heavy atom. The lowest BCUT2D eigenvalue weighted by molar-refractivity contribution is 0.241. The van der Waals surface area contributed by atoms with Gasteiger partial charge in [0.15, 0.2) is 4.77 Å². The number of halogens is 1. The standard InChI is InChI=1S/C15H16BrN3OS/c1-9-2-3-10(12(16)6-9)7-19-5-4-13-11(8-19)14(20)18-15(21)17-13/h2-3,6H,4-5,7-8H2,1H3,(H2,17,18,20,21). The molecular formula is C15H16BrN3OS. The van der Waals surface area contributed by atoms with Gasteiger partial charge in [-0.05, 0) is 36.3 Å². The summed E-state index contributed by atoms with van der Waals surface area (Å²) in [5.74, 6) is 0. The average Bonchev–Trinajstić information content (AvgIpc) is 2.42. The van der Waals surface area contributed by atoms with Crippen LogP contribution in [0.4, 0.5) is 0 Å². The van der Waals surface area contributed by atoms with E-state index < -0.39 is 0 Å². The number of fused-ring (bicyclic) bond motifs is 1. The Morgan fingerprint density at radius 2 is 2.19 bits per heavy atom. The summed E-state index contributed by atoms with van der Waals surface area (Å²) in [6, 6.07) is 6.37. The van der Waals surface area contributed by atoms with Gasteiger partial charge < -0.3 is 4.98 Å². The van der Waals surface area contributed by atoms with Crippen molar-refractivity contribution in [2.45, 2.75) is 26.4 Å². The number of aryl methyl sites for hydroxylation is 1. The van der Waals surface area contributed by atoms with Crippen LogP contribution in [0.25, 0.3) is 0 Å². The van der Waals surface area contributed by atoms with E-state index in [9.17, 15) is 4.79 Å². The van der Waals surface area contributed by atoms with Crippen LogP contribution >= 0.6 is 28.1 Å². The molecule has 0 saturated heterocycles. The Morgan fingerprint density at radius 3 is 2.95 bits per heavy atom. The number of aromatic nitrogens is 2. The van der Waals surface area contributed by atoms with E-state index >= 15 is 0 Å². The summed E-state index contributed by atoms with van der Waals surface area (Å²) >= 11 is 8.63. The zero-order valence-corrected chi connectivity index (χ0v) is 14.1. The minimum Gasteiger partial charge on any atom is -0.335 e. The second-order valence-electron chi connectivity index (χ2n) is 5.42. The topological polar surface area (TPSA) is 51.9 Å². The Labute approximate surface area is 136 Å². The number of benzene rings is 1. The lowest BCUT2D eigenvalue weighted by Crippen LogP contribution is -2.35. The van der Waals surface area contributed by atoms with Crippen molar-refractivity contribution in [3.05, 3.63) is 60.2 Å². The van der Waals surface area contributed by atoms with Gasteiger partial charge in [-0.2, -0.15) is 0 Å². The van der Waals surface area contributed by atoms with E-state index in [1.165, 1.54) is 11.1 Å². The summed E-state index contributed by atoms with van der Waals surface area (Å²) in [5.41, 5.74) is 4.19. The molecule has 2 aromatic rings. The third-order valence-electron chi connectivity index (χ3n) is 3.79. The number of rotatable bonds is 2. The fourth-order valence-electron chi connectivity index (χ4n) is 2.67. The molecule has 0 atom stereocenters. The van der Waals surface area contributed by atoms with Crippen LogP contribution in [0, 0.1) is 11.7 Å². The summed E-state index contributed by atoms with van der Waals surface area (Å²) in [4.78, 5) is 20.1. The van der Waals surface area contributed by atoms with E-state index in [2.05, 4.69) is 55.9 Å². The van der Waals surface area contributed by atoms with Crippen molar-refractivity contribution in [3.63, 3.8) is 0 Å². The van der Waals surface area contributed by atoms with Crippen LogP contribution in [0.2, 0.25) is 0 Å². The van der Waals surface area contributed by atoms with Gasteiger partial charge in [-0.1, -0.05) is 28.1 Å². The minimum atomic E-state index is -0.0681. The van der Waals surface area contributed by atoms with Crippen molar-refractivity contribution in [1.29, 1.82) is 0 Å². The highest BCUT2D eigenvalue weighted by molar-refractivity contribution is 9.10. The van der Waals surface area contributed by atoms with Gasteiger partial charge in [0.1, 0.15) is 0 Å². The molecule has 1 aromatic heterocycles. The molecule has 21 heavy (non-hydrogen) atoms. The Bertz CT molecular complexity index is 796. The third kappa shape index (κ3) is 3.17. The molecule has 110 valence electrons. The van der Waals surface area contributed by atoms with Crippen molar-refractivity contribution in [2.24, 2.45) is 0 Å².